The number of hydrogen-bond acceptors (Lipinski definition) is 0. The second-order valence-electron chi connectivity index (χ2n) is 5.46. The van der Waals surface area contributed by atoms with E-state index < -0.39 is 6.17 Å². The molecule has 0 N–H and O–H groups in total. The largest absolute Gasteiger partial charge is 0.247 e. The molecule has 0 unspecified atom stereocenters. The highest BCUT2D eigenvalue weighted by molar-refractivity contribution is 4.94. The van der Waals surface area contributed by atoms with Gasteiger partial charge in [-0.1, -0.05) is 39.3 Å². The molecule has 0 heterocycles. The molecule has 88 valence electrons. The first kappa shape index (κ1) is 12.7. The van der Waals surface area contributed by atoms with Crippen LogP contribution >= 0.6 is 0 Å². The van der Waals surface area contributed by atoms with E-state index in [1.807, 2.05) is 6.92 Å². The van der Waals surface area contributed by atoms with Crippen LogP contribution in [0, 0.1) is 11.3 Å². The maximum absolute atomic E-state index is 14.0. The van der Waals surface area contributed by atoms with Crippen molar-refractivity contribution < 1.29 is 4.39 Å². The lowest BCUT2D eigenvalue weighted by molar-refractivity contribution is 0.143. The molecular formula is C14H25F. The van der Waals surface area contributed by atoms with Crippen molar-refractivity contribution in [2.24, 2.45) is 11.3 Å². The van der Waals surface area contributed by atoms with Gasteiger partial charge in [-0.05, 0) is 37.5 Å². The lowest BCUT2D eigenvalue weighted by atomic mass is 9.75. The average Bonchev–Trinajstić information content (AvgIpc) is 2.21. The molecule has 1 aliphatic rings. The first-order chi connectivity index (χ1) is 7.07. The summed E-state index contributed by atoms with van der Waals surface area (Å²) in [5.41, 5.74) is 0.231. The molecule has 1 heteroatoms. The Labute approximate surface area is 94.0 Å². The van der Waals surface area contributed by atoms with Gasteiger partial charge < -0.3 is 0 Å². The second kappa shape index (κ2) is 5.67. The van der Waals surface area contributed by atoms with Gasteiger partial charge in [0.25, 0.3) is 0 Å². The molecule has 0 aliphatic heterocycles. The zero-order valence-electron chi connectivity index (χ0n) is 10.4. The fourth-order valence-electron chi connectivity index (χ4n) is 2.67. The number of alkyl halides is 1. The minimum absolute atomic E-state index is 0.0966. The predicted octanol–water partition coefficient (Wildman–Crippen LogP) is 4.90. The summed E-state index contributed by atoms with van der Waals surface area (Å²) in [6, 6.07) is 0. The summed E-state index contributed by atoms with van der Waals surface area (Å²) in [5, 5.41) is 0. The van der Waals surface area contributed by atoms with Crippen molar-refractivity contribution in [3.8, 4) is 0 Å². The standard InChI is InChI=1S/C14H25F/c1-4-9-14(3)10-7-5-6-8-12(2)13(15)11-14/h6,8,12-13H,4-5,7,9-11H2,1-3H3/b8-6+/t12-,13-,14-/m0/s1. The van der Waals surface area contributed by atoms with Crippen LogP contribution in [0.25, 0.3) is 0 Å². The third kappa shape index (κ3) is 3.96. The number of rotatable bonds is 2. The predicted molar refractivity (Wildman–Crippen MR) is 64.7 cm³/mol. The Morgan fingerprint density at radius 3 is 2.87 bits per heavy atom. The molecule has 15 heavy (non-hydrogen) atoms. The Balaban J connectivity index is 2.67. The van der Waals surface area contributed by atoms with Crippen LogP contribution in [0.15, 0.2) is 12.2 Å². The van der Waals surface area contributed by atoms with Gasteiger partial charge in [0.15, 0.2) is 0 Å². The Hall–Kier alpha value is -0.330. The van der Waals surface area contributed by atoms with Gasteiger partial charge in [-0.15, -0.1) is 0 Å². The van der Waals surface area contributed by atoms with Crippen LogP contribution < -0.4 is 0 Å². The van der Waals surface area contributed by atoms with Gasteiger partial charge in [-0.3, -0.25) is 0 Å². The van der Waals surface area contributed by atoms with Gasteiger partial charge in [0.2, 0.25) is 0 Å². The van der Waals surface area contributed by atoms with Crippen molar-refractivity contribution in [3.63, 3.8) is 0 Å². The topological polar surface area (TPSA) is 0 Å². The number of hydrogen-bond donors (Lipinski definition) is 0. The van der Waals surface area contributed by atoms with E-state index in [9.17, 15) is 4.39 Å². The second-order valence-corrected chi connectivity index (χ2v) is 5.46. The highest BCUT2D eigenvalue weighted by atomic mass is 19.1. The van der Waals surface area contributed by atoms with E-state index in [-0.39, 0.29) is 11.3 Å². The zero-order valence-corrected chi connectivity index (χ0v) is 10.4. The van der Waals surface area contributed by atoms with Crippen LogP contribution in [-0.4, -0.2) is 6.17 Å². The monoisotopic (exact) mass is 212 g/mol. The summed E-state index contributed by atoms with van der Waals surface area (Å²) in [6.07, 6.45) is 10.2. The summed E-state index contributed by atoms with van der Waals surface area (Å²) in [5.74, 6) is 0.0966. The van der Waals surface area contributed by atoms with Crippen LogP contribution in [0.1, 0.15) is 59.3 Å². The van der Waals surface area contributed by atoms with Crippen LogP contribution in [-0.2, 0) is 0 Å². The third-order valence-electron chi connectivity index (χ3n) is 3.70. The summed E-state index contributed by atoms with van der Waals surface area (Å²) in [4.78, 5) is 0. The molecular weight excluding hydrogens is 187 g/mol. The molecule has 0 aromatic rings. The van der Waals surface area contributed by atoms with Crippen molar-refractivity contribution in [3.05, 3.63) is 12.2 Å². The van der Waals surface area contributed by atoms with E-state index in [1.165, 1.54) is 25.7 Å². The van der Waals surface area contributed by atoms with Crippen LogP contribution in [0.4, 0.5) is 4.39 Å². The molecule has 0 aromatic carbocycles. The zero-order chi connectivity index (χ0) is 11.3. The van der Waals surface area contributed by atoms with Crippen LogP contribution in [0.2, 0.25) is 0 Å². The Morgan fingerprint density at radius 2 is 2.20 bits per heavy atom. The van der Waals surface area contributed by atoms with E-state index in [2.05, 4.69) is 26.0 Å². The smallest absolute Gasteiger partial charge is 0.107 e. The molecule has 1 rings (SSSR count). The van der Waals surface area contributed by atoms with Crippen molar-refractivity contribution >= 4 is 0 Å². The van der Waals surface area contributed by atoms with Crippen molar-refractivity contribution in [2.45, 2.75) is 65.5 Å². The van der Waals surface area contributed by atoms with E-state index >= 15 is 0 Å². The Morgan fingerprint density at radius 1 is 1.47 bits per heavy atom. The fraction of sp³-hybridized carbons (Fsp3) is 0.857. The van der Waals surface area contributed by atoms with Gasteiger partial charge in [-0.25, -0.2) is 4.39 Å². The molecule has 0 aromatic heterocycles. The lowest BCUT2D eigenvalue weighted by Crippen LogP contribution is -2.24. The van der Waals surface area contributed by atoms with E-state index in [1.54, 1.807) is 0 Å². The molecule has 0 saturated heterocycles. The summed E-state index contributed by atoms with van der Waals surface area (Å²) >= 11 is 0. The van der Waals surface area contributed by atoms with E-state index in [4.69, 9.17) is 0 Å². The molecule has 3 atom stereocenters. The van der Waals surface area contributed by atoms with Crippen LogP contribution in [0.3, 0.4) is 0 Å². The van der Waals surface area contributed by atoms with Crippen molar-refractivity contribution in [1.29, 1.82) is 0 Å². The SMILES string of the molecule is CCC[C@@]1(C)CCC/C=C/[C@H](C)[C@@H](F)C1. The van der Waals surface area contributed by atoms with E-state index in [0.29, 0.717) is 0 Å². The molecule has 0 spiro atoms. The quantitative estimate of drug-likeness (QED) is 0.571. The van der Waals surface area contributed by atoms with Gasteiger partial charge >= 0.3 is 0 Å². The van der Waals surface area contributed by atoms with Crippen molar-refractivity contribution in [2.75, 3.05) is 0 Å². The maximum atomic E-state index is 14.0. The average molecular weight is 212 g/mol. The maximum Gasteiger partial charge on any atom is 0.107 e. The van der Waals surface area contributed by atoms with Gasteiger partial charge in [0.05, 0.1) is 0 Å². The Bertz CT molecular complexity index is 209. The van der Waals surface area contributed by atoms with Gasteiger partial charge in [0, 0.05) is 5.92 Å². The van der Waals surface area contributed by atoms with Crippen LogP contribution in [0.5, 0.6) is 0 Å². The Kier molecular flexibility index (Phi) is 4.82. The van der Waals surface area contributed by atoms with E-state index in [0.717, 1.165) is 12.8 Å². The lowest BCUT2D eigenvalue weighted by Gasteiger charge is -2.31. The third-order valence-corrected chi connectivity index (χ3v) is 3.70. The van der Waals surface area contributed by atoms with Crippen molar-refractivity contribution in [1.82, 2.24) is 0 Å². The molecule has 0 fully saturated rings. The highest BCUT2D eigenvalue weighted by Gasteiger charge is 2.29. The molecule has 0 radical (unpaired) electrons. The number of halogens is 1. The normalized spacial score (nSPS) is 40.3. The number of allylic oxidation sites excluding steroid dienone is 2. The summed E-state index contributed by atoms with van der Waals surface area (Å²) in [6.45, 7) is 6.47. The first-order valence-electron chi connectivity index (χ1n) is 6.38. The van der Waals surface area contributed by atoms with Gasteiger partial charge in [-0.2, -0.15) is 0 Å². The molecule has 0 bridgehead atoms. The molecule has 0 saturated carbocycles. The minimum atomic E-state index is -0.657. The summed E-state index contributed by atoms with van der Waals surface area (Å²) in [7, 11) is 0. The summed E-state index contributed by atoms with van der Waals surface area (Å²) < 4.78 is 14.0. The first-order valence-corrected chi connectivity index (χ1v) is 6.38. The fourth-order valence-corrected chi connectivity index (χ4v) is 2.67. The molecule has 1 aliphatic carbocycles. The molecule has 0 amide bonds. The minimum Gasteiger partial charge on any atom is -0.247 e. The highest BCUT2D eigenvalue weighted by Crippen LogP contribution is 2.38. The molecule has 0 nitrogen and oxygen atoms in total. The van der Waals surface area contributed by atoms with Gasteiger partial charge in [0.1, 0.15) is 6.17 Å².